The summed E-state index contributed by atoms with van der Waals surface area (Å²) in [6.45, 7) is 0. The van der Waals surface area contributed by atoms with Crippen molar-refractivity contribution in [2.24, 2.45) is 0 Å². The summed E-state index contributed by atoms with van der Waals surface area (Å²) in [6.07, 6.45) is 8.97. The van der Waals surface area contributed by atoms with E-state index in [1.54, 1.807) is 5.57 Å². The molecule has 0 saturated carbocycles. The maximum atomic E-state index is 5.69. The molecule has 0 fully saturated rings. The average Bonchev–Trinajstić information content (AvgIpc) is 2.34. The molecule has 47 valence electrons. The molecule has 0 unspecified atom stereocenters. The normalized spacial score (nSPS) is 15.4. The summed E-state index contributed by atoms with van der Waals surface area (Å²) >= 11 is -0.342. The molecule has 2 heteroatoms. The Morgan fingerprint density at radius 3 is 3.11 bits per heavy atom. The van der Waals surface area contributed by atoms with Crippen molar-refractivity contribution >= 4 is 8.58 Å². The van der Waals surface area contributed by atoms with E-state index in [4.69, 9.17) is 8.58 Å². The van der Waals surface area contributed by atoms with Gasteiger partial charge < -0.3 is 0 Å². The minimum absolute atomic E-state index is 0.342. The van der Waals surface area contributed by atoms with E-state index in [9.17, 15) is 0 Å². The van der Waals surface area contributed by atoms with Crippen LogP contribution >= 0.6 is 8.58 Å². The predicted octanol–water partition coefficient (Wildman–Crippen LogP) is 2.92. The van der Waals surface area contributed by atoms with Gasteiger partial charge in [0.1, 0.15) is 0 Å². The Kier molecular flexibility index (Phi) is 3.83. The summed E-state index contributed by atoms with van der Waals surface area (Å²) in [5, 5.41) is 0. The zero-order valence-corrected chi connectivity index (χ0v) is 7.87. The number of halogens is 1. The van der Waals surface area contributed by atoms with Crippen LogP contribution in [-0.4, -0.2) is 0 Å². The van der Waals surface area contributed by atoms with Gasteiger partial charge in [0.2, 0.25) is 0 Å². The maximum absolute atomic E-state index is 5.69. The van der Waals surface area contributed by atoms with Gasteiger partial charge >= 0.3 is 71.1 Å². The fraction of sp³-hybridized carbons (Fsp3) is 0.429. The van der Waals surface area contributed by atoms with Crippen molar-refractivity contribution in [1.82, 2.24) is 0 Å². The molecular weight excluding hydrogens is 164 g/mol. The molecule has 0 aromatic rings. The van der Waals surface area contributed by atoms with E-state index in [0.29, 0.717) is 0 Å². The molecule has 0 aliphatic heterocycles. The van der Waals surface area contributed by atoms with Crippen molar-refractivity contribution in [3.8, 4) is 0 Å². The van der Waals surface area contributed by atoms with Crippen molar-refractivity contribution in [3.63, 3.8) is 0 Å². The second-order valence-corrected chi connectivity index (χ2v) is 4.81. The first-order valence-electron chi connectivity index (χ1n) is 3.20. The number of rotatable bonds is 3. The van der Waals surface area contributed by atoms with Crippen LogP contribution in [0.2, 0.25) is 4.18 Å². The Bertz CT molecular complexity index is 138. The van der Waals surface area contributed by atoms with Crippen molar-refractivity contribution in [3.05, 3.63) is 23.8 Å². The Balaban J connectivity index is 2.14. The van der Waals surface area contributed by atoms with Crippen LogP contribution < -0.4 is 0 Å². The van der Waals surface area contributed by atoms with E-state index >= 15 is 0 Å². The van der Waals surface area contributed by atoms with Crippen LogP contribution in [0.15, 0.2) is 23.8 Å². The molecule has 0 spiro atoms. The number of allylic oxidation sites excluding steroid dienone is 4. The summed E-state index contributed by atoms with van der Waals surface area (Å²) in [5.41, 5.74) is 1.56. The molecule has 1 aliphatic rings. The third-order valence-corrected chi connectivity index (χ3v) is 3.11. The Labute approximate surface area is 70.9 Å². The molecule has 9 heavy (non-hydrogen) atoms. The van der Waals surface area contributed by atoms with Crippen LogP contribution in [0.5, 0.6) is 0 Å². The molecule has 0 amide bonds. The first-order valence-corrected chi connectivity index (χ1v) is 6.95. The average molecular weight is 174 g/mol. The molecule has 0 bridgehead atoms. The second kappa shape index (κ2) is 4.45. The van der Waals surface area contributed by atoms with E-state index in [1.807, 2.05) is 0 Å². The van der Waals surface area contributed by atoms with Gasteiger partial charge in [0.25, 0.3) is 0 Å². The monoisotopic (exact) mass is 173 g/mol. The molecule has 0 heterocycles. The van der Waals surface area contributed by atoms with E-state index < -0.39 is 0 Å². The number of hydrogen-bond donors (Lipinski definition) is 0. The summed E-state index contributed by atoms with van der Waals surface area (Å²) in [5.74, 6) is 0. The SMILES string of the molecule is [Cl][Sc][CH2]CC1=CC=CC1. The van der Waals surface area contributed by atoms with Gasteiger partial charge in [0, 0.05) is 0 Å². The topological polar surface area (TPSA) is 0 Å². The van der Waals surface area contributed by atoms with Gasteiger partial charge in [-0.25, -0.2) is 0 Å². The Hall–Kier alpha value is 0.640. The first-order chi connectivity index (χ1) is 4.43. The standard InChI is InChI=1S/C7H9.ClH.Sc/c1-2-7-5-3-4-6-7;;/h3-5H,1-2,6H2;1H;/q;;+1/p-1. The predicted molar refractivity (Wildman–Crippen MR) is 37.1 cm³/mol. The van der Waals surface area contributed by atoms with Gasteiger partial charge in [0.05, 0.1) is 0 Å². The molecule has 0 aromatic heterocycles. The quantitative estimate of drug-likeness (QED) is 0.616. The fourth-order valence-electron chi connectivity index (χ4n) is 0.917. The van der Waals surface area contributed by atoms with Gasteiger partial charge in [-0.3, -0.25) is 0 Å². The van der Waals surface area contributed by atoms with E-state index in [0.717, 1.165) is 0 Å². The summed E-state index contributed by atoms with van der Waals surface area (Å²) in [4.78, 5) is 0. The molecule has 1 rings (SSSR count). The van der Waals surface area contributed by atoms with Crippen molar-refractivity contribution in [1.29, 1.82) is 0 Å². The van der Waals surface area contributed by atoms with Gasteiger partial charge in [-0.05, 0) is 0 Å². The van der Waals surface area contributed by atoms with E-state index in [2.05, 4.69) is 18.2 Å². The molecule has 0 radical (unpaired) electrons. The van der Waals surface area contributed by atoms with Crippen molar-refractivity contribution in [2.45, 2.75) is 17.0 Å². The molecular formula is C7H9ClSc. The molecule has 0 aromatic carbocycles. The van der Waals surface area contributed by atoms with Crippen LogP contribution in [0.1, 0.15) is 12.8 Å². The van der Waals surface area contributed by atoms with Gasteiger partial charge in [-0.2, -0.15) is 0 Å². The summed E-state index contributed by atoms with van der Waals surface area (Å²) < 4.78 is 1.28. The van der Waals surface area contributed by atoms with Crippen LogP contribution in [-0.2, 0) is 21.7 Å². The third kappa shape index (κ3) is 2.81. The van der Waals surface area contributed by atoms with Crippen molar-refractivity contribution in [2.75, 3.05) is 0 Å². The Morgan fingerprint density at radius 1 is 1.67 bits per heavy atom. The second-order valence-electron chi connectivity index (χ2n) is 2.15. The molecule has 0 atom stereocenters. The van der Waals surface area contributed by atoms with Gasteiger partial charge in [0.15, 0.2) is 0 Å². The third-order valence-electron chi connectivity index (χ3n) is 1.42. The van der Waals surface area contributed by atoms with Crippen molar-refractivity contribution < 1.29 is 21.7 Å². The van der Waals surface area contributed by atoms with Crippen LogP contribution in [0.25, 0.3) is 0 Å². The van der Waals surface area contributed by atoms with E-state index in [1.165, 1.54) is 17.0 Å². The molecule has 0 N–H and O–H groups in total. The van der Waals surface area contributed by atoms with Crippen LogP contribution in [0, 0.1) is 0 Å². The van der Waals surface area contributed by atoms with Crippen LogP contribution in [0.3, 0.4) is 0 Å². The molecule has 1 aliphatic carbocycles. The summed E-state index contributed by atoms with van der Waals surface area (Å²) in [7, 11) is 5.69. The zero-order valence-electron chi connectivity index (χ0n) is 5.31. The van der Waals surface area contributed by atoms with Crippen LogP contribution in [0.4, 0.5) is 0 Å². The molecule has 0 nitrogen and oxygen atoms in total. The van der Waals surface area contributed by atoms with Gasteiger partial charge in [-0.15, -0.1) is 0 Å². The number of hydrogen-bond acceptors (Lipinski definition) is 0. The first kappa shape index (κ1) is 7.74. The minimum atomic E-state index is -0.342. The zero-order chi connectivity index (χ0) is 6.53. The van der Waals surface area contributed by atoms with E-state index in [-0.39, 0.29) is 21.7 Å². The fourth-order valence-corrected chi connectivity index (χ4v) is 2.12. The Morgan fingerprint density at radius 2 is 2.56 bits per heavy atom. The molecule has 0 saturated heterocycles. The summed E-state index contributed by atoms with van der Waals surface area (Å²) in [6, 6.07) is 0. The van der Waals surface area contributed by atoms with Gasteiger partial charge in [-0.1, -0.05) is 0 Å².